The van der Waals surface area contributed by atoms with Crippen LogP contribution in [0.1, 0.15) is 23.2 Å². The Morgan fingerprint density at radius 3 is 2.86 bits per heavy atom. The molecule has 2 heterocycles. The van der Waals surface area contributed by atoms with Crippen molar-refractivity contribution in [2.75, 3.05) is 20.2 Å². The van der Waals surface area contributed by atoms with Crippen LogP contribution in [0, 0.1) is 5.92 Å². The number of benzene rings is 1. The smallest absolute Gasteiger partial charge is 0.310 e. The lowest BCUT2D eigenvalue weighted by Crippen LogP contribution is -2.42. The van der Waals surface area contributed by atoms with Gasteiger partial charge < -0.3 is 14.2 Å². The summed E-state index contributed by atoms with van der Waals surface area (Å²) < 4.78 is 6.83. The Morgan fingerprint density at radius 1 is 1.27 bits per heavy atom. The molecule has 1 aromatic carbocycles. The van der Waals surface area contributed by atoms with Crippen LogP contribution in [-0.2, 0) is 16.6 Å². The first kappa shape index (κ1) is 14.6. The average Bonchev–Trinajstić information content (AvgIpc) is 2.94. The van der Waals surface area contributed by atoms with E-state index < -0.39 is 0 Å². The zero-order chi connectivity index (χ0) is 15.7. The van der Waals surface area contributed by atoms with Crippen molar-refractivity contribution in [3.8, 4) is 0 Å². The molecule has 5 heteroatoms. The van der Waals surface area contributed by atoms with Gasteiger partial charge in [-0.1, -0.05) is 0 Å². The van der Waals surface area contributed by atoms with Crippen molar-refractivity contribution in [3.63, 3.8) is 0 Å². The lowest BCUT2D eigenvalue weighted by atomic mass is 9.97. The molecule has 1 amide bonds. The number of carbonyl (C=O) groups excluding carboxylic acids is 2. The number of hydrogen-bond donors (Lipinski definition) is 0. The lowest BCUT2D eigenvalue weighted by Gasteiger charge is -2.31. The normalized spacial score (nSPS) is 18.5. The Balaban J connectivity index is 1.81. The lowest BCUT2D eigenvalue weighted by molar-refractivity contribution is -0.146. The maximum absolute atomic E-state index is 12.7. The van der Waals surface area contributed by atoms with Gasteiger partial charge in [0, 0.05) is 42.8 Å². The van der Waals surface area contributed by atoms with Gasteiger partial charge in [0.15, 0.2) is 0 Å². The van der Waals surface area contributed by atoms with Gasteiger partial charge in [-0.2, -0.15) is 0 Å². The van der Waals surface area contributed by atoms with Crippen molar-refractivity contribution in [3.05, 3.63) is 36.0 Å². The molecule has 1 atom stereocenters. The number of fused-ring (bicyclic) bond motifs is 1. The van der Waals surface area contributed by atoms with Crippen molar-refractivity contribution < 1.29 is 14.3 Å². The van der Waals surface area contributed by atoms with E-state index in [4.69, 9.17) is 4.74 Å². The molecular weight excluding hydrogens is 280 g/mol. The summed E-state index contributed by atoms with van der Waals surface area (Å²) in [6.07, 6.45) is 3.60. The topological polar surface area (TPSA) is 51.5 Å². The molecule has 1 aromatic heterocycles. The van der Waals surface area contributed by atoms with E-state index >= 15 is 0 Å². The Labute approximate surface area is 129 Å². The summed E-state index contributed by atoms with van der Waals surface area (Å²) in [6.45, 7) is 1.14. The molecule has 3 rings (SSSR count). The first-order valence-electron chi connectivity index (χ1n) is 7.52. The average molecular weight is 300 g/mol. The van der Waals surface area contributed by atoms with E-state index in [0.717, 1.165) is 23.7 Å². The number of amides is 1. The molecule has 2 aromatic rings. The third-order valence-corrected chi connectivity index (χ3v) is 4.38. The number of nitrogens with zero attached hydrogens (tertiary/aromatic N) is 2. The van der Waals surface area contributed by atoms with E-state index in [1.165, 1.54) is 7.11 Å². The molecule has 1 saturated heterocycles. The zero-order valence-electron chi connectivity index (χ0n) is 12.9. The first-order chi connectivity index (χ1) is 10.6. The van der Waals surface area contributed by atoms with Crippen LogP contribution in [0.4, 0.5) is 0 Å². The van der Waals surface area contributed by atoms with Crippen LogP contribution in [-0.4, -0.2) is 41.5 Å². The summed E-state index contributed by atoms with van der Waals surface area (Å²) in [5.74, 6) is -0.446. The number of carbonyl (C=O) groups is 2. The second-order valence-corrected chi connectivity index (χ2v) is 5.81. The van der Waals surface area contributed by atoms with Crippen molar-refractivity contribution in [2.24, 2.45) is 13.0 Å². The van der Waals surface area contributed by atoms with Gasteiger partial charge in [-0.05, 0) is 37.1 Å². The summed E-state index contributed by atoms with van der Waals surface area (Å²) in [7, 11) is 3.38. The van der Waals surface area contributed by atoms with Gasteiger partial charge in [-0.3, -0.25) is 9.59 Å². The second kappa shape index (κ2) is 5.83. The third kappa shape index (κ3) is 2.58. The fourth-order valence-corrected chi connectivity index (χ4v) is 3.12. The highest BCUT2D eigenvalue weighted by molar-refractivity contribution is 5.98. The maximum atomic E-state index is 12.7. The Hall–Kier alpha value is -2.30. The number of hydrogen-bond acceptors (Lipinski definition) is 3. The fourth-order valence-electron chi connectivity index (χ4n) is 3.12. The third-order valence-electron chi connectivity index (χ3n) is 4.38. The molecule has 1 unspecified atom stereocenters. The highest BCUT2D eigenvalue weighted by Crippen LogP contribution is 2.22. The van der Waals surface area contributed by atoms with Gasteiger partial charge in [0.2, 0.25) is 0 Å². The Morgan fingerprint density at radius 2 is 2.09 bits per heavy atom. The maximum Gasteiger partial charge on any atom is 0.310 e. The molecule has 0 saturated carbocycles. The van der Waals surface area contributed by atoms with Gasteiger partial charge >= 0.3 is 5.97 Å². The minimum Gasteiger partial charge on any atom is -0.469 e. The number of aromatic nitrogens is 1. The highest BCUT2D eigenvalue weighted by Gasteiger charge is 2.29. The summed E-state index contributed by atoms with van der Waals surface area (Å²) >= 11 is 0. The largest absolute Gasteiger partial charge is 0.469 e. The van der Waals surface area contributed by atoms with Crippen LogP contribution in [0.15, 0.2) is 30.5 Å². The molecule has 0 aliphatic carbocycles. The summed E-state index contributed by atoms with van der Waals surface area (Å²) in [4.78, 5) is 26.1. The molecular formula is C17H20N2O3. The molecule has 1 aliphatic rings. The highest BCUT2D eigenvalue weighted by atomic mass is 16.5. The van der Waals surface area contributed by atoms with E-state index in [1.807, 2.05) is 42.1 Å². The van der Waals surface area contributed by atoms with Crippen LogP contribution in [0.5, 0.6) is 0 Å². The summed E-state index contributed by atoms with van der Waals surface area (Å²) in [6, 6.07) is 7.73. The number of methoxy groups -OCH3 is 1. The van der Waals surface area contributed by atoms with Crippen LogP contribution in [0.25, 0.3) is 10.9 Å². The quantitative estimate of drug-likeness (QED) is 0.799. The van der Waals surface area contributed by atoms with E-state index in [1.54, 1.807) is 4.90 Å². The molecule has 0 spiro atoms. The monoisotopic (exact) mass is 300 g/mol. The van der Waals surface area contributed by atoms with Crippen molar-refractivity contribution in [2.45, 2.75) is 12.8 Å². The minimum atomic E-state index is -0.226. The molecule has 0 bridgehead atoms. The van der Waals surface area contributed by atoms with E-state index in [-0.39, 0.29) is 17.8 Å². The SMILES string of the molecule is COC(=O)C1CCCN(C(=O)c2ccc3c(ccn3C)c2)C1. The van der Waals surface area contributed by atoms with Crippen molar-refractivity contribution >= 4 is 22.8 Å². The molecule has 0 N–H and O–H groups in total. The fraction of sp³-hybridized carbons (Fsp3) is 0.412. The van der Waals surface area contributed by atoms with Crippen LogP contribution >= 0.6 is 0 Å². The molecule has 22 heavy (non-hydrogen) atoms. The molecule has 1 fully saturated rings. The number of piperidine rings is 1. The first-order valence-corrected chi connectivity index (χ1v) is 7.52. The summed E-state index contributed by atoms with van der Waals surface area (Å²) in [5, 5.41) is 1.05. The predicted molar refractivity (Wildman–Crippen MR) is 83.6 cm³/mol. The van der Waals surface area contributed by atoms with Crippen molar-refractivity contribution in [1.29, 1.82) is 0 Å². The predicted octanol–water partition coefficient (Wildman–Crippen LogP) is 2.20. The number of likely N-dealkylation sites (tertiary alicyclic amines) is 1. The van der Waals surface area contributed by atoms with Gasteiger partial charge in [0.05, 0.1) is 13.0 Å². The molecule has 1 aliphatic heterocycles. The zero-order valence-corrected chi connectivity index (χ0v) is 12.9. The second-order valence-electron chi connectivity index (χ2n) is 5.81. The van der Waals surface area contributed by atoms with Gasteiger partial charge in [0.25, 0.3) is 5.91 Å². The van der Waals surface area contributed by atoms with E-state index in [0.29, 0.717) is 18.7 Å². The Bertz CT molecular complexity index is 720. The number of esters is 1. The van der Waals surface area contributed by atoms with Gasteiger partial charge in [-0.15, -0.1) is 0 Å². The molecule has 0 radical (unpaired) electrons. The van der Waals surface area contributed by atoms with Gasteiger partial charge in [-0.25, -0.2) is 0 Å². The van der Waals surface area contributed by atoms with Crippen LogP contribution in [0.2, 0.25) is 0 Å². The summed E-state index contributed by atoms with van der Waals surface area (Å²) in [5.41, 5.74) is 1.77. The minimum absolute atomic E-state index is 0.0145. The molecule has 5 nitrogen and oxygen atoms in total. The number of ether oxygens (including phenoxy) is 1. The molecule has 116 valence electrons. The van der Waals surface area contributed by atoms with Crippen LogP contribution in [0.3, 0.4) is 0 Å². The van der Waals surface area contributed by atoms with E-state index in [2.05, 4.69) is 0 Å². The van der Waals surface area contributed by atoms with Crippen molar-refractivity contribution in [1.82, 2.24) is 9.47 Å². The van der Waals surface area contributed by atoms with Gasteiger partial charge in [0.1, 0.15) is 0 Å². The number of rotatable bonds is 2. The number of aryl methyl sites for hydroxylation is 1. The standard InChI is InChI=1S/C17H20N2O3/c1-18-9-7-12-10-13(5-6-15(12)18)16(20)19-8-3-4-14(11-19)17(21)22-2/h5-7,9-10,14H,3-4,8,11H2,1-2H3. The van der Waals surface area contributed by atoms with Crippen LogP contribution < -0.4 is 0 Å². The van der Waals surface area contributed by atoms with E-state index in [9.17, 15) is 9.59 Å². The Kier molecular flexibility index (Phi) is 3.88.